The fraction of sp³-hybridized carbons (Fsp3) is 0.556. The van der Waals surface area contributed by atoms with Gasteiger partial charge < -0.3 is 5.73 Å². The number of hydrogen-bond acceptors (Lipinski definition) is 2. The zero-order chi connectivity index (χ0) is 8.32. The van der Waals surface area contributed by atoms with Crippen molar-refractivity contribution in [2.45, 2.75) is 24.5 Å². The highest BCUT2D eigenvalue weighted by Crippen LogP contribution is 2.48. The van der Waals surface area contributed by atoms with E-state index in [4.69, 9.17) is 5.73 Å². The van der Waals surface area contributed by atoms with Crippen LogP contribution < -0.4 is 5.73 Å². The summed E-state index contributed by atoms with van der Waals surface area (Å²) >= 11 is 1.99. The van der Waals surface area contributed by atoms with Crippen LogP contribution >= 0.6 is 11.8 Å². The van der Waals surface area contributed by atoms with E-state index >= 15 is 0 Å². The van der Waals surface area contributed by atoms with Gasteiger partial charge >= 0.3 is 0 Å². The van der Waals surface area contributed by atoms with Gasteiger partial charge in [0.05, 0.1) is 0 Å². The first-order chi connectivity index (χ1) is 5.21. The van der Waals surface area contributed by atoms with E-state index in [0.717, 1.165) is 6.42 Å². The number of allylic oxidation sites excluding steroid dienone is 1. The minimum absolute atomic E-state index is 0.329. The molecule has 2 N–H and O–H groups in total. The fourth-order valence-corrected chi connectivity index (χ4v) is 2.44. The molecule has 1 saturated heterocycles. The third-order valence-corrected chi connectivity index (χ3v) is 3.93. The average molecular weight is 169 g/mol. The Morgan fingerprint density at radius 2 is 2.45 bits per heavy atom. The van der Waals surface area contributed by atoms with Gasteiger partial charge in [0.2, 0.25) is 0 Å². The zero-order valence-electron chi connectivity index (χ0n) is 6.97. The van der Waals surface area contributed by atoms with E-state index in [2.05, 4.69) is 13.5 Å². The predicted octanol–water partition coefficient (Wildman–Crippen LogP) is 2.30. The molecule has 0 aromatic rings. The number of rotatable bonds is 3. The van der Waals surface area contributed by atoms with Gasteiger partial charge in [0.15, 0.2) is 0 Å². The third-order valence-electron chi connectivity index (χ3n) is 2.25. The Balaban J connectivity index is 2.53. The van der Waals surface area contributed by atoms with Crippen molar-refractivity contribution in [2.75, 3.05) is 5.75 Å². The maximum absolute atomic E-state index is 5.30. The average Bonchev–Trinajstić information content (AvgIpc) is 1.85. The van der Waals surface area contributed by atoms with Crippen molar-refractivity contribution in [3.05, 3.63) is 24.4 Å². The number of hydrogen-bond donors (Lipinski definition) is 1. The second-order valence-corrected chi connectivity index (χ2v) is 4.48. The molecule has 1 unspecified atom stereocenters. The molecule has 1 aliphatic heterocycles. The quantitative estimate of drug-likeness (QED) is 0.656. The highest BCUT2D eigenvalue weighted by molar-refractivity contribution is 8.02. The van der Waals surface area contributed by atoms with E-state index in [9.17, 15) is 0 Å². The van der Waals surface area contributed by atoms with Crippen LogP contribution in [0.1, 0.15) is 19.8 Å². The molecule has 0 bridgehead atoms. The van der Waals surface area contributed by atoms with Gasteiger partial charge in [-0.2, -0.15) is 11.8 Å². The van der Waals surface area contributed by atoms with Crippen LogP contribution in [0.25, 0.3) is 0 Å². The van der Waals surface area contributed by atoms with Crippen LogP contribution in [0.15, 0.2) is 24.4 Å². The maximum Gasteiger partial charge on any atom is 0.0405 e. The van der Waals surface area contributed by atoms with Gasteiger partial charge in [-0.15, -0.1) is 0 Å². The lowest BCUT2D eigenvalue weighted by Crippen LogP contribution is -2.34. The standard InChI is InChI=1S/C9H15NS/c1-8(2)9(4-3-6-10)5-7-11-9/h3,6H,1,4-5,7,10H2,2H3/b6-3-. The van der Waals surface area contributed by atoms with E-state index in [1.54, 1.807) is 6.20 Å². The van der Waals surface area contributed by atoms with Gasteiger partial charge in [-0.05, 0) is 31.7 Å². The highest BCUT2D eigenvalue weighted by atomic mass is 32.2. The Hall–Kier alpha value is -0.370. The summed E-state index contributed by atoms with van der Waals surface area (Å²) in [7, 11) is 0. The smallest absolute Gasteiger partial charge is 0.0405 e. The molecule has 62 valence electrons. The van der Waals surface area contributed by atoms with Crippen LogP contribution in [0, 0.1) is 0 Å². The summed E-state index contributed by atoms with van der Waals surface area (Å²) in [6, 6.07) is 0. The maximum atomic E-state index is 5.30. The lowest BCUT2D eigenvalue weighted by atomic mass is 9.93. The molecule has 1 rings (SSSR count). The van der Waals surface area contributed by atoms with Crippen LogP contribution in [0.5, 0.6) is 0 Å². The van der Waals surface area contributed by atoms with E-state index in [1.807, 2.05) is 17.8 Å². The molecule has 0 aliphatic carbocycles. The third kappa shape index (κ3) is 1.62. The minimum Gasteiger partial charge on any atom is -0.405 e. The van der Waals surface area contributed by atoms with Gasteiger partial charge in [0.25, 0.3) is 0 Å². The summed E-state index contributed by atoms with van der Waals surface area (Å²) in [4.78, 5) is 0. The molecule has 11 heavy (non-hydrogen) atoms. The van der Waals surface area contributed by atoms with Crippen molar-refractivity contribution in [3.8, 4) is 0 Å². The van der Waals surface area contributed by atoms with Crippen molar-refractivity contribution >= 4 is 11.8 Å². The second-order valence-electron chi connectivity index (χ2n) is 3.01. The van der Waals surface area contributed by atoms with E-state index < -0.39 is 0 Å². The minimum atomic E-state index is 0.329. The van der Waals surface area contributed by atoms with Crippen molar-refractivity contribution in [2.24, 2.45) is 5.73 Å². The first-order valence-electron chi connectivity index (χ1n) is 3.88. The van der Waals surface area contributed by atoms with Crippen LogP contribution in [0.4, 0.5) is 0 Å². The van der Waals surface area contributed by atoms with Gasteiger partial charge in [-0.3, -0.25) is 0 Å². The zero-order valence-corrected chi connectivity index (χ0v) is 7.79. The van der Waals surface area contributed by atoms with E-state index in [1.165, 1.54) is 17.7 Å². The lowest BCUT2D eigenvalue weighted by molar-refractivity contribution is 0.623. The second kappa shape index (κ2) is 3.35. The molecular formula is C9H15NS. The van der Waals surface area contributed by atoms with Gasteiger partial charge in [0.1, 0.15) is 0 Å². The number of nitrogens with two attached hydrogens (primary N) is 1. The van der Waals surface area contributed by atoms with Crippen LogP contribution in [-0.4, -0.2) is 10.5 Å². The van der Waals surface area contributed by atoms with Gasteiger partial charge in [-0.1, -0.05) is 18.2 Å². The molecule has 1 heterocycles. The molecule has 2 heteroatoms. The number of thioether (sulfide) groups is 1. The molecule has 0 aromatic carbocycles. The molecule has 0 amide bonds. The fourth-order valence-electron chi connectivity index (χ4n) is 1.28. The summed E-state index contributed by atoms with van der Waals surface area (Å²) in [5.41, 5.74) is 6.58. The molecular weight excluding hydrogens is 154 g/mol. The summed E-state index contributed by atoms with van der Waals surface area (Å²) in [5.74, 6) is 1.27. The van der Waals surface area contributed by atoms with Crippen molar-refractivity contribution in [3.63, 3.8) is 0 Å². The molecule has 0 spiro atoms. The summed E-state index contributed by atoms with van der Waals surface area (Å²) in [6.45, 7) is 6.11. The Morgan fingerprint density at radius 1 is 1.82 bits per heavy atom. The van der Waals surface area contributed by atoms with Crippen LogP contribution in [-0.2, 0) is 0 Å². The van der Waals surface area contributed by atoms with Gasteiger partial charge in [-0.25, -0.2) is 0 Å². The molecule has 0 aromatic heterocycles. The van der Waals surface area contributed by atoms with E-state index in [0.29, 0.717) is 4.75 Å². The Morgan fingerprint density at radius 3 is 2.73 bits per heavy atom. The molecule has 1 atom stereocenters. The molecule has 0 radical (unpaired) electrons. The summed E-state index contributed by atoms with van der Waals surface area (Å²) < 4.78 is 0.329. The Kier molecular flexibility index (Phi) is 2.66. The van der Waals surface area contributed by atoms with Crippen LogP contribution in [0.3, 0.4) is 0 Å². The topological polar surface area (TPSA) is 26.0 Å². The van der Waals surface area contributed by atoms with Crippen molar-refractivity contribution < 1.29 is 0 Å². The summed E-state index contributed by atoms with van der Waals surface area (Å²) in [6.07, 6.45) is 5.96. The normalized spacial score (nSPS) is 30.3. The first kappa shape index (κ1) is 8.72. The van der Waals surface area contributed by atoms with E-state index in [-0.39, 0.29) is 0 Å². The molecule has 0 saturated carbocycles. The SMILES string of the molecule is C=C(C)C1(C/C=C\N)CCS1. The van der Waals surface area contributed by atoms with Crippen molar-refractivity contribution in [1.29, 1.82) is 0 Å². The van der Waals surface area contributed by atoms with Crippen LogP contribution in [0.2, 0.25) is 0 Å². The molecule has 1 fully saturated rings. The monoisotopic (exact) mass is 169 g/mol. The predicted molar refractivity (Wildman–Crippen MR) is 52.6 cm³/mol. The Bertz CT molecular complexity index is 180. The summed E-state index contributed by atoms with van der Waals surface area (Å²) in [5, 5.41) is 0. The lowest BCUT2D eigenvalue weighted by Gasteiger charge is -2.41. The van der Waals surface area contributed by atoms with Crippen molar-refractivity contribution in [1.82, 2.24) is 0 Å². The van der Waals surface area contributed by atoms with Gasteiger partial charge in [0, 0.05) is 4.75 Å². The largest absolute Gasteiger partial charge is 0.405 e. The highest BCUT2D eigenvalue weighted by Gasteiger charge is 2.37. The first-order valence-corrected chi connectivity index (χ1v) is 4.86. The Labute approximate surface area is 72.7 Å². The molecule has 1 aliphatic rings. The molecule has 1 nitrogen and oxygen atoms in total.